The second kappa shape index (κ2) is 10.5. The molecule has 7 nitrogen and oxygen atoms in total. The number of furan rings is 1. The van der Waals surface area contributed by atoms with Crippen LogP contribution in [0.4, 0.5) is 0 Å². The molecular formula is C25H33N3O4. The fraction of sp³-hybridized carbons (Fsp3) is 0.480. The molecule has 1 saturated heterocycles. The third kappa shape index (κ3) is 6.70. The molecule has 7 heteroatoms. The number of amides is 3. The van der Waals surface area contributed by atoms with Crippen LogP contribution in [0.3, 0.4) is 0 Å². The lowest BCUT2D eigenvalue weighted by Gasteiger charge is -2.36. The van der Waals surface area contributed by atoms with Crippen molar-refractivity contribution in [2.75, 3.05) is 13.1 Å². The van der Waals surface area contributed by atoms with E-state index < -0.39 is 6.04 Å². The van der Waals surface area contributed by atoms with Gasteiger partial charge < -0.3 is 20.0 Å². The third-order valence-corrected chi connectivity index (χ3v) is 5.67. The van der Waals surface area contributed by atoms with Crippen LogP contribution in [-0.2, 0) is 16.1 Å². The van der Waals surface area contributed by atoms with Crippen molar-refractivity contribution in [2.24, 2.45) is 11.3 Å². The number of nitrogens with one attached hydrogen (secondary N) is 2. The van der Waals surface area contributed by atoms with E-state index in [4.69, 9.17) is 4.42 Å². The molecule has 2 heterocycles. The first kappa shape index (κ1) is 23.6. The van der Waals surface area contributed by atoms with Crippen molar-refractivity contribution < 1.29 is 18.8 Å². The van der Waals surface area contributed by atoms with Gasteiger partial charge in [-0.05, 0) is 48.4 Å². The van der Waals surface area contributed by atoms with E-state index in [1.54, 1.807) is 42.7 Å². The molecule has 32 heavy (non-hydrogen) atoms. The third-order valence-electron chi connectivity index (χ3n) is 5.67. The molecule has 0 bridgehead atoms. The standard InChI is InChI=1S/C25H33N3O4/c1-25(2,3)16-21(29)28-13-11-18(12-14-28)22(24(31)26-17-20-10-7-15-32-20)27-23(30)19-8-5-4-6-9-19/h4-10,15,18,22H,11-14,16-17H2,1-3H3,(H,26,31)(H,27,30)/t22-/m1/s1. The van der Waals surface area contributed by atoms with Crippen molar-refractivity contribution in [3.63, 3.8) is 0 Å². The fourth-order valence-corrected chi connectivity index (χ4v) is 3.96. The number of nitrogens with zero attached hydrogens (tertiary/aromatic N) is 1. The monoisotopic (exact) mass is 439 g/mol. The van der Waals surface area contributed by atoms with Crippen LogP contribution in [0.25, 0.3) is 0 Å². The first-order chi connectivity index (χ1) is 15.2. The van der Waals surface area contributed by atoms with Gasteiger partial charge in [0.1, 0.15) is 11.8 Å². The average molecular weight is 440 g/mol. The second-order valence-electron chi connectivity index (χ2n) is 9.57. The van der Waals surface area contributed by atoms with Gasteiger partial charge in [0.25, 0.3) is 5.91 Å². The minimum Gasteiger partial charge on any atom is -0.467 e. The Bertz CT molecular complexity index is 895. The Labute approximate surface area is 189 Å². The van der Waals surface area contributed by atoms with Gasteiger partial charge in [0.2, 0.25) is 11.8 Å². The largest absolute Gasteiger partial charge is 0.467 e. The summed E-state index contributed by atoms with van der Waals surface area (Å²) < 4.78 is 5.29. The van der Waals surface area contributed by atoms with Crippen LogP contribution in [0.5, 0.6) is 0 Å². The molecule has 1 aromatic carbocycles. The Morgan fingerprint density at radius 3 is 2.34 bits per heavy atom. The van der Waals surface area contributed by atoms with Crippen molar-refractivity contribution in [1.29, 1.82) is 0 Å². The van der Waals surface area contributed by atoms with Crippen LogP contribution in [0.15, 0.2) is 53.1 Å². The van der Waals surface area contributed by atoms with Crippen LogP contribution in [-0.4, -0.2) is 41.8 Å². The second-order valence-corrected chi connectivity index (χ2v) is 9.57. The van der Waals surface area contributed by atoms with Gasteiger partial charge in [-0.3, -0.25) is 14.4 Å². The average Bonchev–Trinajstić information content (AvgIpc) is 3.29. The molecule has 1 fully saturated rings. The highest BCUT2D eigenvalue weighted by Gasteiger charge is 2.34. The van der Waals surface area contributed by atoms with E-state index in [-0.39, 0.29) is 35.6 Å². The molecule has 1 atom stereocenters. The van der Waals surface area contributed by atoms with Crippen molar-refractivity contribution in [2.45, 2.75) is 52.6 Å². The normalized spacial score (nSPS) is 15.8. The molecule has 0 aliphatic carbocycles. The number of rotatable bonds is 7. The zero-order chi connectivity index (χ0) is 23.1. The Morgan fingerprint density at radius 1 is 1.06 bits per heavy atom. The number of carbonyl (C=O) groups excluding carboxylic acids is 3. The number of hydrogen-bond acceptors (Lipinski definition) is 4. The Balaban J connectivity index is 1.66. The highest BCUT2D eigenvalue weighted by atomic mass is 16.3. The van der Waals surface area contributed by atoms with Crippen LogP contribution < -0.4 is 10.6 Å². The number of benzene rings is 1. The van der Waals surface area contributed by atoms with Gasteiger partial charge in [0.05, 0.1) is 12.8 Å². The van der Waals surface area contributed by atoms with Crippen LogP contribution in [0, 0.1) is 11.3 Å². The predicted octanol–water partition coefficient (Wildman–Crippen LogP) is 3.37. The fourth-order valence-electron chi connectivity index (χ4n) is 3.96. The van der Waals surface area contributed by atoms with Gasteiger partial charge in [-0.15, -0.1) is 0 Å². The van der Waals surface area contributed by atoms with Crippen molar-refractivity contribution in [3.05, 3.63) is 60.1 Å². The maximum absolute atomic E-state index is 13.1. The van der Waals surface area contributed by atoms with Gasteiger partial charge in [-0.2, -0.15) is 0 Å². The molecule has 1 aliphatic heterocycles. The lowest BCUT2D eigenvalue weighted by molar-refractivity contribution is -0.134. The molecule has 3 rings (SSSR count). The van der Waals surface area contributed by atoms with E-state index in [0.717, 1.165) is 0 Å². The van der Waals surface area contributed by atoms with Gasteiger partial charge >= 0.3 is 0 Å². The minimum atomic E-state index is -0.683. The minimum absolute atomic E-state index is 0.0575. The molecule has 3 amide bonds. The lowest BCUT2D eigenvalue weighted by atomic mass is 9.87. The highest BCUT2D eigenvalue weighted by Crippen LogP contribution is 2.25. The van der Waals surface area contributed by atoms with E-state index in [2.05, 4.69) is 31.4 Å². The van der Waals surface area contributed by atoms with Crippen molar-refractivity contribution >= 4 is 17.7 Å². The molecule has 0 unspecified atom stereocenters. The number of carbonyl (C=O) groups is 3. The number of likely N-dealkylation sites (tertiary alicyclic amines) is 1. The van der Waals surface area contributed by atoms with Crippen LogP contribution in [0.2, 0.25) is 0 Å². The molecule has 1 aromatic heterocycles. The molecule has 0 saturated carbocycles. The smallest absolute Gasteiger partial charge is 0.251 e. The number of hydrogen-bond donors (Lipinski definition) is 2. The van der Waals surface area contributed by atoms with Crippen LogP contribution >= 0.6 is 0 Å². The predicted molar refractivity (Wildman–Crippen MR) is 122 cm³/mol. The summed E-state index contributed by atoms with van der Waals surface area (Å²) in [6, 6.07) is 11.7. The summed E-state index contributed by atoms with van der Waals surface area (Å²) in [5.74, 6) is 0.204. The summed E-state index contributed by atoms with van der Waals surface area (Å²) in [7, 11) is 0. The van der Waals surface area contributed by atoms with E-state index >= 15 is 0 Å². The quantitative estimate of drug-likeness (QED) is 0.692. The summed E-state index contributed by atoms with van der Waals surface area (Å²) in [5.41, 5.74) is 0.445. The van der Waals surface area contributed by atoms with E-state index in [1.165, 1.54) is 0 Å². The molecule has 1 aliphatic rings. The van der Waals surface area contributed by atoms with Gasteiger partial charge in [0.15, 0.2) is 0 Å². The van der Waals surface area contributed by atoms with E-state index in [1.807, 2.05) is 11.0 Å². The molecule has 172 valence electrons. The summed E-state index contributed by atoms with van der Waals surface area (Å²) in [6.45, 7) is 7.58. The topological polar surface area (TPSA) is 91.7 Å². The Morgan fingerprint density at radius 2 is 1.75 bits per heavy atom. The molecular weight excluding hydrogens is 406 g/mol. The molecule has 2 aromatic rings. The van der Waals surface area contributed by atoms with Crippen LogP contribution in [0.1, 0.15) is 56.2 Å². The first-order valence-electron chi connectivity index (χ1n) is 11.2. The highest BCUT2D eigenvalue weighted by molar-refractivity contribution is 5.97. The van der Waals surface area contributed by atoms with E-state index in [0.29, 0.717) is 43.7 Å². The Kier molecular flexibility index (Phi) is 7.72. The summed E-state index contributed by atoms with van der Waals surface area (Å²) in [5, 5.41) is 5.81. The SMILES string of the molecule is CC(C)(C)CC(=O)N1CCC([C@@H](NC(=O)c2ccccc2)C(=O)NCc2ccco2)CC1. The van der Waals surface area contributed by atoms with Gasteiger partial charge in [-0.25, -0.2) is 0 Å². The zero-order valence-electron chi connectivity index (χ0n) is 19.1. The maximum Gasteiger partial charge on any atom is 0.251 e. The summed E-state index contributed by atoms with van der Waals surface area (Å²) in [6.07, 6.45) is 3.36. The van der Waals surface area contributed by atoms with E-state index in [9.17, 15) is 14.4 Å². The number of piperidine rings is 1. The van der Waals surface area contributed by atoms with Crippen molar-refractivity contribution in [1.82, 2.24) is 15.5 Å². The van der Waals surface area contributed by atoms with Gasteiger partial charge in [-0.1, -0.05) is 39.0 Å². The molecule has 2 N–H and O–H groups in total. The first-order valence-corrected chi connectivity index (χ1v) is 11.2. The van der Waals surface area contributed by atoms with Crippen molar-refractivity contribution in [3.8, 4) is 0 Å². The summed E-state index contributed by atoms with van der Waals surface area (Å²) >= 11 is 0. The maximum atomic E-state index is 13.1. The Hall–Kier alpha value is -3.09. The molecule has 0 radical (unpaired) electrons. The van der Waals surface area contributed by atoms with Gasteiger partial charge in [0, 0.05) is 25.1 Å². The zero-order valence-corrected chi connectivity index (χ0v) is 19.1. The summed E-state index contributed by atoms with van der Waals surface area (Å²) in [4.78, 5) is 40.3. The lowest BCUT2D eigenvalue weighted by Crippen LogP contribution is -2.53. The molecule has 0 spiro atoms.